The van der Waals surface area contributed by atoms with Crippen molar-refractivity contribution >= 4 is 21.4 Å². The lowest BCUT2D eigenvalue weighted by Crippen LogP contribution is -2.41. The summed E-state index contributed by atoms with van der Waals surface area (Å²) in [4.78, 5) is 13.5. The Bertz CT molecular complexity index is 646. The molecule has 1 aromatic rings. The first-order valence-corrected chi connectivity index (χ1v) is 8.57. The van der Waals surface area contributed by atoms with Crippen LogP contribution in [-0.4, -0.2) is 50.4 Å². The average molecular weight is 314 g/mol. The summed E-state index contributed by atoms with van der Waals surface area (Å²) in [6.45, 7) is 1.72. The first-order chi connectivity index (χ1) is 9.78. The van der Waals surface area contributed by atoms with Crippen LogP contribution in [0.2, 0.25) is 0 Å². The summed E-state index contributed by atoms with van der Waals surface area (Å²) in [5.74, 6) is -0.533. The molecule has 5 nitrogen and oxygen atoms in total. The molecule has 0 aromatic heterocycles. The lowest BCUT2D eigenvalue weighted by molar-refractivity contribution is -0.129. The van der Waals surface area contributed by atoms with Crippen molar-refractivity contribution in [2.24, 2.45) is 0 Å². The van der Waals surface area contributed by atoms with Gasteiger partial charge in [-0.25, -0.2) is 12.8 Å². The summed E-state index contributed by atoms with van der Waals surface area (Å²) in [5, 5.41) is 2.75. The molecule has 2 rings (SSSR count). The van der Waals surface area contributed by atoms with Crippen molar-refractivity contribution in [1.29, 1.82) is 0 Å². The first kappa shape index (κ1) is 15.8. The molecular formula is C14H19FN2O3S. The van der Waals surface area contributed by atoms with E-state index in [9.17, 15) is 17.6 Å². The molecule has 1 N–H and O–H groups in total. The highest BCUT2D eigenvalue weighted by molar-refractivity contribution is 7.91. The van der Waals surface area contributed by atoms with E-state index in [-0.39, 0.29) is 35.7 Å². The Hall–Kier alpha value is -1.63. The number of rotatable bonds is 4. The van der Waals surface area contributed by atoms with Crippen molar-refractivity contribution in [1.82, 2.24) is 4.90 Å². The van der Waals surface area contributed by atoms with Gasteiger partial charge in [-0.1, -0.05) is 6.07 Å². The summed E-state index contributed by atoms with van der Waals surface area (Å²) in [5.41, 5.74) is 1.07. The van der Waals surface area contributed by atoms with Gasteiger partial charge >= 0.3 is 0 Å². The maximum atomic E-state index is 13.6. The predicted octanol–water partition coefficient (Wildman–Crippen LogP) is 1.19. The Kier molecular flexibility index (Phi) is 4.51. The molecule has 1 saturated heterocycles. The number of carbonyl (C=O) groups is 1. The number of likely N-dealkylation sites (N-methyl/N-ethyl adjacent to an activating group) is 1. The van der Waals surface area contributed by atoms with Crippen LogP contribution in [0.5, 0.6) is 0 Å². The molecule has 1 aromatic carbocycles. The van der Waals surface area contributed by atoms with Crippen LogP contribution >= 0.6 is 0 Å². The molecule has 1 aliphatic heterocycles. The van der Waals surface area contributed by atoms with Crippen LogP contribution < -0.4 is 5.32 Å². The Morgan fingerprint density at radius 1 is 1.48 bits per heavy atom. The van der Waals surface area contributed by atoms with E-state index in [1.54, 1.807) is 26.1 Å². The Morgan fingerprint density at radius 2 is 2.19 bits per heavy atom. The van der Waals surface area contributed by atoms with Gasteiger partial charge in [0, 0.05) is 13.1 Å². The number of halogens is 1. The fourth-order valence-corrected chi connectivity index (χ4v) is 4.12. The molecule has 0 bridgehead atoms. The molecule has 0 aliphatic carbocycles. The van der Waals surface area contributed by atoms with Crippen molar-refractivity contribution in [2.75, 3.05) is 30.4 Å². The van der Waals surface area contributed by atoms with Crippen molar-refractivity contribution in [3.63, 3.8) is 0 Å². The van der Waals surface area contributed by atoms with Crippen LogP contribution in [0.15, 0.2) is 18.2 Å². The van der Waals surface area contributed by atoms with E-state index < -0.39 is 15.7 Å². The van der Waals surface area contributed by atoms with Crippen LogP contribution in [0.25, 0.3) is 0 Å². The van der Waals surface area contributed by atoms with E-state index in [0.29, 0.717) is 6.42 Å². The van der Waals surface area contributed by atoms with Gasteiger partial charge in [-0.15, -0.1) is 0 Å². The topological polar surface area (TPSA) is 66.5 Å². The fraction of sp³-hybridized carbons (Fsp3) is 0.500. The molecule has 0 unspecified atom stereocenters. The zero-order chi connectivity index (χ0) is 15.6. The highest BCUT2D eigenvalue weighted by atomic mass is 32.2. The minimum atomic E-state index is -3.03. The summed E-state index contributed by atoms with van der Waals surface area (Å²) >= 11 is 0. The highest BCUT2D eigenvalue weighted by Gasteiger charge is 2.32. The number of benzene rings is 1. The van der Waals surface area contributed by atoms with Crippen LogP contribution in [-0.2, 0) is 14.6 Å². The van der Waals surface area contributed by atoms with Gasteiger partial charge in [0.2, 0.25) is 5.91 Å². The molecular weight excluding hydrogens is 295 g/mol. The molecule has 1 atom stereocenters. The van der Waals surface area contributed by atoms with Crippen LogP contribution in [0.3, 0.4) is 0 Å². The van der Waals surface area contributed by atoms with Gasteiger partial charge < -0.3 is 10.2 Å². The molecule has 1 aliphatic rings. The van der Waals surface area contributed by atoms with Gasteiger partial charge in [0.25, 0.3) is 0 Å². The van der Waals surface area contributed by atoms with Gasteiger partial charge in [-0.3, -0.25) is 4.79 Å². The maximum absolute atomic E-state index is 13.6. The number of aryl methyl sites for hydroxylation is 1. The number of hydrogen-bond acceptors (Lipinski definition) is 4. The second-order valence-electron chi connectivity index (χ2n) is 5.40. The van der Waals surface area contributed by atoms with Crippen LogP contribution in [0.1, 0.15) is 12.0 Å². The van der Waals surface area contributed by atoms with E-state index in [0.717, 1.165) is 5.56 Å². The lowest BCUT2D eigenvalue weighted by Gasteiger charge is -2.23. The Labute approximate surface area is 124 Å². The van der Waals surface area contributed by atoms with Crippen LogP contribution in [0.4, 0.5) is 10.1 Å². The molecule has 0 saturated carbocycles. The van der Waals surface area contributed by atoms with E-state index in [2.05, 4.69) is 5.32 Å². The molecule has 116 valence electrons. The Balaban J connectivity index is 1.92. The van der Waals surface area contributed by atoms with Gasteiger partial charge in [0.1, 0.15) is 5.82 Å². The SMILES string of the molecule is Cc1ccc(NCC(=O)N(C)[C@@H]2CCS(=O)(=O)C2)c(F)c1. The minimum absolute atomic E-state index is 0.00807. The zero-order valence-electron chi connectivity index (χ0n) is 12.1. The van der Waals surface area contributed by atoms with Crippen molar-refractivity contribution < 1.29 is 17.6 Å². The molecule has 7 heteroatoms. The summed E-state index contributed by atoms with van der Waals surface area (Å²) in [7, 11) is -1.44. The lowest BCUT2D eigenvalue weighted by atomic mass is 10.2. The fourth-order valence-electron chi connectivity index (χ4n) is 2.34. The van der Waals surface area contributed by atoms with Crippen molar-refractivity contribution in [2.45, 2.75) is 19.4 Å². The number of sulfone groups is 1. The third-order valence-corrected chi connectivity index (χ3v) is 5.45. The number of carbonyl (C=O) groups excluding carboxylic acids is 1. The van der Waals surface area contributed by atoms with E-state index in [1.807, 2.05) is 0 Å². The second kappa shape index (κ2) is 6.01. The summed E-state index contributed by atoms with van der Waals surface area (Å²) in [6, 6.07) is 4.44. The van der Waals surface area contributed by atoms with Crippen molar-refractivity contribution in [3.05, 3.63) is 29.6 Å². The number of nitrogens with one attached hydrogen (secondary N) is 1. The summed E-state index contributed by atoms with van der Waals surface area (Å²) < 4.78 is 36.5. The molecule has 0 spiro atoms. The van der Waals surface area contributed by atoms with Gasteiger partial charge in [-0.2, -0.15) is 0 Å². The zero-order valence-corrected chi connectivity index (χ0v) is 12.9. The third-order valence-electron chi connectivity index (χ3n) is 3.70. The van der Waals surface area contributed by atoms with E-state index >= 15 is 0 Å². The van der Waals surface area contributed by atoms with E-state index in [4.69, 9.17) is 0 Å². The quantitative estimate of drug-likeness (QED) is 0.906. The number of hydrogen-bond donors (Lipinski definition) is 1. The van der Waals surface area contributed by atoms with Gasteiger partial charge in [0.05, 0.1) is 23.7 Å². The number of nitrogens with zero attached hydrogens (tertiary/aromatic N) is 1. The molecule has 0 radical (unpaired) electrons. The molecule has 1 fully saturated rings. The molecule has 1 amide bonds. The monoisotopic (exact) mass is 314 g/mol. The minimum Gasteiger partial charge on any atom is -0.374 e. The van der Waals surface area contributed by atoms with Crippen LogP contribution in [0, 0.1) is 12.7 Å². The van der Waals surface area contributed by atoms with Crippen molar-refractivity contribution in [3.8, 4) is 0 Å². The number of anilines is 1. The molecule has 1 heterocycles. The highest BCUT2D eigenvalue weighted by Crippen LogP contribution is 2.18. The smallest absolute Gasteiger partial charge is 0.241 e. The Morgan fingerprint density at radius 3 is 2.76 bits per heavy atom. The molecule has 21 heavy (non-hydrogen) atoms. The predicted molar refractivity (Wildman–Crippen MR) is 79.5 cm³/mol. The number of amides is 1. The van der Waals surface area contributed by atoms with Gasteiger partial charge in [-0.05, 0) is 31.0 Å². The standard InChI is InChI=1S/C14H19FN2O3S/c1-10-3-4-13(12(15)7-10)16-8-14(18)17(2)11-5-6-21(19,20)9-11/h3-4,7,11,16H,5-6,8-9H2,1-2H3/t11-/m1/s1. The first-order valence-electron chi connectivity index (χ1n) is 6.74. The van der Waals surface area contributed by atoms with E-state index in [1.165, 1.54) is 11.0 Å². The largest absolute Gasteiger partial charge is 0.374 e. The normalized spacial score (nSPS) is 20.2. The third kappa shape index (κ3) is 3.93. The maximum Gasteiger partial charge on any atom is 0.241 e. The average Bonchev–Trinajstić information content (AvgIpc) is 2.77. The van der Waals surface area contributed by atoms with Gasteiger partial charge in [0.15, 0.2) is 9.84 Å². The summed E-state index contributed by atoms with van der Waals surface area (Å²) in [6.07, 6.45) is 0.462. The second-order valence-corrected chi connectivity index (χ2v) is 7.63.